The van der Waals surface area contributed by atoms with E-state index in [0.29, 0.717) is 37.0 Å². The summed E-state index contributed by atoms with van der Waals surface area (Å²) in [6.07, 6.45) is 3.47. The second kappa shape index (κ2) is 8.87. The van der Waals surface area contributed by atoms with Gasteiger partial charge in [0, 0.05) is 44.1 Å². The number of ether oxygens (including phenoxy) is 1. The molecule has 1 aromatic carbocycles. The number of para-hydroxylation sites is 1. The number of carbonyl (C=O) groups excluding carboxylic acids is 1. The van der Waals surface area contributed by atoms with Crippen LogP contribution in [0.5, 0.6) is 5.75 Å². The first-order valence-electron chi connectivity index (χ1n) is 9.35. The van der Waals surface area contributed by atoms with E-state index in [9.17, 15) is 4.79 Å². The van der Waals surface area contributed by atoms with Crippen LogP contribution in [0.2, 0.25) is 5.02 Å². The molecule has 7 nitrogen and oxygen atoms in total. The lowest BCUT2D eigenvalue weighted by Gasteiger charge is -2.35. The first-order chi connectivity index (χ1) is 14.2. The number of anilines is 1. The van der Waals surface area contributed by atoms with Crippen molar-refractivity contribution in [2.75, 3.05) is 37.7 Å². The summed E-state index contributed by atoms with van der Waals surface area (Å²) < 4.78 is 5.55. The predicted octanol–water partition coefficient (Wildman–Crippen LogP) is 2.92. The molecule has 8 heteroatoms. The van der Waals surface area contributed by atoms with Gasteiger partial charge in [0.1, 0.15) is 5.75 Å². The molecule has 0 bridgehead atoms. The fourth-order valence-corrected chi connectivity index (χ4v) is 3.34. The van der Waals surface area contributed by atoms with Gasteiger partial charge in [-0.1, -0.05) is 23.7 Å². The van der Waals surface area contributed by atoms with Gasteiger partial charge < -0.3 is 14.5 Å². The van der Waals surface area contributed by atoms with Gasteiger partial charge in [0.25, 0.3) is 5.91 Å². The molecular weight excluding hydrogens is 390 g/mol. The highest BCUT2D eigenvalue weighted by molar-refractivity contribution is 6.32. The lowest BCUT2D eigenvalue weighted by atomic mass is 10.2. The van der Waals surface area contributed by atoms with Crippen molar-refractivity contribution in [1.29, 1.82) is 0 Å². The minimum atomic E-state index is -0.0521. The van der Waals surface area contributed by atoms with Crippen molar-refractivity contribution in [3.63, 3.8) is 0 Å². The average Bonchev–Trinajstić information content (AvgIpc) is 2.79. The van der Waals surface area contributed by atoms with Gasteiger partial charge in [0.15, 0.2) is 12.4 Å². The van der Waals surface area contributed by atoms with Gasteiger partial charge in [-0.15, -0.1) is 10.2 Å². The number of halogens is 1. The standard InChI is InChI=1S/C21H20ClN5O2/c22-17-3-1-2-4-19(17)29-15-21(28)27-13-11-26(12-14-27)20-6-5-18(24-25-20)16-7-9-23-10-8-16/h1-10H,11-15H2. The lowest BCUT2D eigenvalue weighted by molar-refractivity contribution is -0.133. The van der Waals surface area contributed by atoms with E-state index in [1.54, 1.807) is 29.4 Å². The molecule has 1 aliphatic rings. The van der Waals surface area contributed by atoms with Gasteiger partial charge in [-0.3, -0.25) is 9.78 Å². The monoisotopic (exact) mass is 409 g/mol. The topological polar surface area (TPSA) is 71.5 Å². The smallest absolute Gasteiger partial charge is 0.260 e. The molecule has 0 spiro atoms. The number of pyridine rings is 1. The molecule has 0 aliphatic carbocycles. The highest BCUT2D eigenvalue weighted by Gasteiger charge is 2.22. The quantitative estimate of drug-likeness (QED) is 0.645. The van der Waals surface area contributed by atoms with Gasteiger partial charge in [0.2, 0.25) is 0 Å². The maximum absolute atomic E-state index is 12.4. The van der Waals surface area contributed by atoms with Crippen LogP contribution in [-0.4, -0.2) is 58.8 Å². The molecule has 0 atom stereocenters. The zero-order valence-electron chi connectivity index (χ0n) is 15.7. The predicted molar refractivity (Wildman–Crippen MR) is 111 cm³/mol. The van der Waals surface area contributed by atoms with E-state index in [-0.39, 0.29) is 12.5 Å². The number of aromatic nitrogens is 3. The van der Waals surface area contributed by atoms with Gasteiger partial charge in [-0.05, 0) is 36.4 Å². The van der Waals surface area contributed by atoms with Crippen molar-refractivity contribution in [2.24, 2.45) is 0 Å². The Bertz CT molecular complexity index is 960. The van der Waals surface area contributed by atoms with Crippen molar-refractivity contribution < 1.29 is 9.53 Å². The van der Waals surface area contributed by atoms with E-state index in [0.717, 1.165) is 17.1 Å². The molecule has 148 valence electrons. The number of hydrogen-bond acceptors (Lipinski definition) is 6. The Labute approximate surface area is 173 Å². The van der Waals surface area contributed by atoms with Crippen LogP contribution >= 0.6 is 11.6 Å². The third-order valence-corrected chi connectivity index (χ3v) is 5.08. The summed E-state index contributed by atoms with van der Waals surface area (Å²) in [6, 6.07) is 14.8. The second-order valence-corrected chi connectivity index (χ2v) is 7.01. The van der Waals surface area contributed by atoms with E-state index in [4.69, 9.17) is 16.3 Å². The number of piperazine rings is 1. The van der Waals surface area contributed by atoms with E-state index in [2.05, 4.69) is 20.1 Å². The largest absolute Gasteiger partial charge is 0.482 e. The number of benzene rings is 1. The summed E-state index contributed by atoms with van der Waals surface area (Å²) in [4.78, 5) is 20.4. The van der Waals surface area contributed by atoms with Crippen molar-refractivity contribution in [2.45, 2.75) is 0 Å². The minimum Gasteiger partial charge on any atom is -0.482 e. The maximum Gasteiger partial charge on any atom is 0.260 e. The lowest BCUT2D eigenvalue weighted by Crippen LogP contribution is -2.50. The van der Waals surface area contributed by atoms with Gasteiger partial charge in [0.05, 0.1) is 10.7 Å². The normalized spacial score (nSPS) is 14.0. The summed E-state index contributed by atoms with van der Waals surface area (Å²) in [5.74, 6) is 1.27. The average molecular weight is 410 g/mol. The van der Waals surface area contributed by atoms with Crippen LogP contribution in [-0.2, 0) is 4.79 Å². The third kappa shape index (κ3) is 4.63. The van der Waals surface area contributed by atoms with Crippen LogP contribution in [0.4, 0.5) is 5.82 Å². The zero-order valence-corrected chi connectivity index (χ0v) is 16.5. The Morgan fingerprint density at radius 3 is 2.41 bits per heavy atom. The number of nitrogens with zero attached hydrogens (tertiary/aromatic N) is 5. The fraction of sp³-hybridized carbons (Fsp3) is 0.238. The summed E-state index contributed by atoms with van der Waals surface area (Å²) in [5, 5.41) is 9.16. The van der Waals surface area contributed by atoms with Crippen LogP contribution < -0.4 is 9.64 Å². The number of carbonyl (C=O) groups is 1. The Hall–Kier alpha value is -3.19. The van der Waals surface area contributed by atoms with Gasteiger partial charge in [-0.25, -0.2) is 0 Å². The highest BCUT2D eigenvalue weighted by Crippen LogP contribution is 2.23. The summed E-state index contributed by atoms with van der Waals surface area (Å²) in [7, 11) is 0. The number of rotatable bonds is 5. The molecule has 3 heterocycles. The molecule has 0 saturated carbocycles. The molecule has 4 rings (SSSR count). The van der Waals surface area contributed by atoms with Crippen LogP contribution in [0.15, 0.2) is 60.9 Å². The molecule has 1 saturated heterocycles. The molecule has 0 N–H and O–H groups in total. The van der Waals surface area contributed by atoms with Gasteiger partial charge >= 0.3 is 0 Å². The van der Waals surface area contributed by atoms with Crippen LogP contribution in [0, 0.1) is 0 Å². The summed E-state index contributed by atoms with van der Waals surface area (Å²) >= 11 is 6.06. The first-order valence-corrected chi connectivity index (χ1v) is 9.73. The molecule has 0 unspecified atom stereocenters. The molecule has 0 radical (unpaired) electrons. The minimum absolute atomic E-state index is 0.0236. The SMILES string of the molecule is O=C(COc1ccccc1Cl)N1CCN(c2ccc(-c3ccncc3)nn2)CC1. The van der Waals surface area contributed by atoms with E-state index in [1.807, 2.05) is 36.4 Å². The molecule has 1 fully saturated rings. The Morgan fingerprint density at radius 2 is 1.72 bits per heavy atom. The zero-order chi connectivity index (χ0) is 20.1. The number of hydrogen-bond donors (Lipinski definition) is 0. The summed E-state index contributed by atoms with van der Waals surface area (Å²) in [6.45, 7) is 2.59. The Morgan fingerprint density at radius 1 is 0.966 bits per heavy atom. The fourth-order valence-electron chi connectivity index (χ4n) is 3.15. The van der Waals surface area contributed by atoms with Crippen molar-refractivity contribution >= 4 is 23.3 Å². The highest BCUT2D eigenvalue weighted by atomic mass is 35.5. The van der Waals surface area contributed by atoms with E-state index < -0.39 is 0 Å². The Kier molecular flexibility index (Phi) is 5.86. The first kappa shape index (κ1) is 19.1. The maximum atomic E-state index is 12.4. The van der Waals surface area contributed by atoms with Crippen molar-refractivity contribution in [1.82, 2.24) is 20.1 Å². The molecule has 1 amide bonds. The van der Waals surface area contributed by atoms with Crippen LogP contribution in [0.3, 0.4) is 0 Å². The molecular formula is C21H20ClN5O2. The number of amides is 1. The molecule has 3 aromatic rings. The van der Waals surface area contributed by atoms with Crippen molar-refractivity contribution in [3.8, 4) is 17.0 Å². The molecule has 2 aromatic heterocycles. The third-order valence-electron chi connectivity index (χ3n) is 4.77. The van der Waals surface area contributed by atoms with Crippen LogP contribution in [0.25, 0.3) is 11.3 Å². The second-order valence-electron chi connectivity index (χ2n) is 6.60. The molecule has 29 heavy (non-hydrogen) atoms. The van der Waals surface area contributed by atoms with Crippen molar-refractivity contribution in [3.05, 3.63) is 65.9 Å². The van der Waals surface area contributed by atoms with Crippen LogP contribution in [0.1, 0.15) is 0 Å². The Balaban J connectivity index is 1.30. The van der Waals surface area contributed by atoms with E-state index in [1.165, 1.54) is 0 Å². The van der Waals surface area contributed by atoms with Gasteiger partial charge in [-0.2, -0.15) is 0 Å². The van der Waals surface area contributed by atoms with E-state index >= 15 is 0 Å². The summed E-state index contributed by atoms with van der Waals surface area (Å²) in [5.41, 5.74) is 1.79. The molecule has 1 aliphatic heterocycles.